The van der Waals surface area contributed by atoms with E-state index in [-0.39, 0.29) is 12.7 Å². The Morgan fingerprint density at radius 3 is 2.54 bits per heavy atom. The maximum atomic E-state index is 12.3. The molecule has 2 N–H and O–H groups in total. The quantitative estimate of drug-likeness (QED) is 0.727. The Labute approximate surface area is 153 Å². The highest BCUT2D eigenvalue weighted by atomic mass is 35.5. The van der Waals surface area contributed by atoms with Crippen molar-refractivity contribution >= 4 is 34.8 Å². The average molecular weight is 369 g/mol. The molecular formula is C18H13ClN4O3. The summed E-state index contributed by atoms with van der Waals surface area (Å²) in [6.07, 6.45) is 0. The van der Waals surface area contributed by atoms with Crippen molar-refractivity contribution in [3.8, 4) is 11.5 Å². The zero-order valence-corrected chi connectivity index (χ0v) is 14.2. The van der Waals surface area contributed by atoms with E-state index < -0.39 is 0 Å². The van der Waals surface area contributed by atoms with Crippen LogP contribution in [0.25, 0.3) is 0 Å². The molecule has 0 fully saturated rings. The van der Waals surface area contributed by atoms with Gasteiger partial charge in [-0.15, -0.1) is 10.2 Å². The van der Waals surface area contributed by atoms with E-state index in [9.17, 15) is 4.79 Å². The molecule has 2 aromatic carbocycles. The Kier molecular flexibility index (Phi) is 4.28. The number of anilines is 3. The summed E-state index contributed by atoms with van der Waals surface area (Å²) in [5, 5.41) is 14.4. The third kappa shape index (κ3) is 3.38. The van der Waals surface area contributed by atoms with Crippen LogP contribution >= 0.6 is 11.6 Å². The SMILES string of the molecule is O=C(Nc1ccc(Nc2ccccc2Cl)nn1)c1ccc2c(c1)OCO2. The van der Waals surface area contributed by atoms with Crippen molar-refractivity contribution in [3.63, 3.8) is 0 Å². The molecule has 3 aromatic rings. The second-order valence-electron chi connectivity index (χ2n) is 5.43. The van der Waals surface area contributed by atoms with Crippen molar-refractivity contribution in [2.75, 3.05) is 17.4 Å². The number of ether oxygens (including phenoxy) is 2. The Hall–Kier alpha value is -3.32. The van der Waals surface area contributed by atoms with Gasteiger partial charge in [-0.1, -0.05) is 23.7 Å². The summed E-state index contributed by atoms with van der Waals surface area (Å²) in [6.45, 7) is 0.159. The molecular weight excluding hydrogens is 356 g/mol. The molecule has 0 spiro atoms. The molecule has 2 heterocycles. The van der Waals surface area contributed by atoms with Crippen LogP contribution in [0.5, 0.6) is 11.5 Å². The number of hydrogen-bond acceptors (Lipinski definition) is 6. The van der Waals surface area contributed by atoms with Gasteiger partial charge in [0.2, 0.25) is 6.79 Å². The van der Waals surface area contributed by atoms with Crippen LogP contribution in [0.15, 0.2) is 54.6 Å². The van der Waals surface area contributed by atoms with E-state index in [2.05, 4.69) is 20.8 Å². The van der Waals surface area contributed by atoms with Gasteiger partial charge in [-0.05, 0) is 42.5 Å². The number of nitrogens with one attached hydrogen (secondary N) is 2. The van der Waals surface area contributed by atoms with Crippen molar-refractivity contribution < 1.29 is 14.3 Å². The molecule has 0 saturated carbocycles. The molecule has 4 rings (SSSR count). The van der Waals surface area contributed by atoms with Gasteiger partial charge < -0.3 is 20.1 Å². The fourth-order valence-corrected chi connectivity index (χ4v) is 2.58. The van der Waals surface area contributed by atoms with Crippen LogP contribution in [0, 0.1) is 0 Å². The number of hydrogen-bond donors (Lipinski definition) is 2. The number of benzene rings is 2. The first-order valence-corrected chi connectivity index (χ1v) is 8.13. The Morgan fingerprint density at radius 1 is 0.962 bits per heavy atom. The van der Waals surface area contributed by atoms with Crippen molar-refractivity contribution in [3.05, 3.63) is 65.2 Å². The number of rotatable bonds is 4. The second kappa shape index (κ2) is 6.89. The Morgan fingerprint density at radius 2 is 1.73 bits per heavy atom. The minimum absolute atomic E-state index is 0.159. The van der Waals surface area contributed by atoms with E-state index in [1.165, 1.54) is 0 Å². The molecule has 130 valence electrons. The topological polar surface area (TPSA) is 85.4 Å². The first-order valence-electron chi connectivity index (χ1n) is 7.75. The van der Waals surface area contributed by atoms with E-state index in [0.717, 1.165) is 5.69 Å². The zero-order valence-electron chi connectivity index (χ0n) is 13.4. The number of carbonyl (C=O) groups excluding carboxylic acids is 1. The summed E-state index contributed by atoms with van der Waals surface area (Å²) < 4.78 is 10.5. The Balaban J connectivity index is 1.44. The lowest BCUT2D eigenvalue weighted by Crippen LogP contribution is -2.13. The monoisotopic (exact) mass is 368 g/mol. The minimum atomic E-state index is -0.315. The molecule has 8 heteroatoms. The van der Waals surface area contributed by atoms with Crippen molar-refractivity contribution in [1.82, 2.24) is 10.2 Å². The minimum Gasteiger partial charge on any atom is -0.454 e. The standard InChI is InChI=1S/C18H13ClN4O3/c19-12-3-1-2-4-13(12)20-16-7-8-17(23-22-16)21-18(24)11-5-6-14-15(9-11)26-10-25-14/h1-9H,10H2,(H,20,22)(H,21,23,24). The lowest BCUT2D eigenvalue weighted by molar-refractivity contribution is 0.102. The fraction of sp³-hybridized carbons (Fsp3) is 0.0556. The van der Waals surface area contributed by atoms with Crippen LogP contribution in [0.2, 0.25) is 5.02 Å². The van der Waals surface area contributed by atoms with E-state index in [1.54, 1.807) is 36.4 Å². The van der Waals surface area contributed by atoms with Crippen LogP contribution < -0.4 is 20.1 Å². The molecule has 0 radical (unpaired) electrons. The van der Waals surface area contributed by atoms with Gasteiger partial charge >= 0.3 is 0 Å². The van der Waals surface area contributed by atoms with E-state index in [4.69, 9.17) is 21.1 Å². The van der Waals surface area contributed by atoms with Crippen LogP contribution in [0.3, 0.4) is 0 Å². The van der Waals surface area contributed by atoms with Gasteiger partial charge in [-0.3, -0.25) is 4.79 Å². The third-order valence-corrected chi connectivity index (χ3v) is 4.01. The van der Waals surface area contributed by atoms with E-state index in [0.29, 0.717) is 33.7 Å². The van der Waals surface area contributed by atoms with Crippen LogP contribution in [-0.4, -0.2) is 22.9 Å². The number of amides is 1. The maximum Gasteiger partial charge on any atom is 0.257 e. The largest absolute Gasteiger partial charge is 0.454 e. The number of carbonyl (C=O) groups is 1. The molecule has 0 saturated heterocycles. The molecule has 1 aromatic heterocycles. The molecule has 1 amide bonds. The summed E-state index contributed by atoms with van der Waals surface area (Å²) >= 11 is 6.10. The van der Waals surface area contributed by atoms with Gasteiger partial charge in [0.05, 0.1) is 10.7 Å². The number of halogens is 1. The highest BCUT2D eigenvalue weighted by molar-refractivity contribution is 6.33. The van der Waals surface area contributed by atoms with Gasteiger partial charge in [-0.2, -0.15) is 0 Å². The predicted octanol–water partition coefficient (Wildman–Crippen LogP) is 3.85. The molecule has 7 nitrogen and oxygen atoms in total. The third-order valence-electron chi connectivity index (χ3n) is 3.68. The lowest BCUT2D eigenvalue weighted by atomic mass is 10.2. The van der Waals surface area contributed by atoms with Crippen LogP contribution in [-0.2, 0) is 0 Å². The van der Waals surface area contributed by atoms with Gasteiger partial charge in [-0.25, -0.2) is 0 Å². The molecule has 1 aliphatic rings. The van der Waals surface area contributed by atoms with Crippen molar-refractivity contribution in [2.45, 2.75) is 0 Å². The molecule has 0 bridgehead atoms. The number of para-hydroxylation sites is 1. The maximum absolute atomic E-state index is 12.3. The smallest absolute Gasteiger partial charge is 0.257 e. The lowest BCUT2D eigenvalue weighted by Gasteiger charge is -2.08. The van der Waals surface area contributed by atoms with Gasteiger partial charge in [0, 0.05) is 5.56 Å². The number of fused-ring (bicyclic) bond motifs is 1. The Bertz CT molecular complexity index is 963. The van der Waals surface area contributed by atoms with Crippen molar-refractivity contribution in [1.29, 1.82) is 0 Å². The van der Waals surface area contributed by atoms with Crippen molar-refractivity contribution in [2.24, 2.45) is 0 Å². The average Bonchev–Trinajstić information content (AvgIpc) is 3.13. The molecule has 0 atom stereocenters. The highest BCUT2D eigenvalue weighted by Crippen LogP contribution is 2.32. The summed E-state index contributed by atoms with van der Waals surface area (Å²) in [6, 6.07) is 15.6. The normalized spacial score (nSPS) is 11.9. The van der Waals surface area contributed by atoms with Gasteiger partial charge in [0.25, 0.3) is 5.91 Å². The second-order valence-corrected chi connectivity index (χ2v) is 5.84. The van der Waals surface area contributed by atoms with Gasteiger partial charge in [0.15, 0.2) is 23.1 Å². The first kappa shape index (κ1) is 16.2. The molecule has 0 unspecified atom stereocenters. The fourth-order valence-electron chi connectivity index (χ4n) is 2.39. The van der Waals surface area contributed by atoms with Gasteiger partial charge in [0.1, 0.15) is 0 Å². The van der Waals surface area contributed by atoms with Crippen LogP contribution in [0.1, 0.15) is 10.4 Å². The molecule has 0 aliphatic carbocycles. The highest BCUT2D eigenvalue weighted by Gasteiger charge is 2.16. The van der Waals surface area contributed by atoms with Crippen LogP contribution in [0.4, 0.5) is 17.3 Å². The molecule has 26 heavy (non-hydrogen) atoms. The number of aromatic nitrogens is 2. The van der Waals surface area contributed by atoms with E-state index in [1.807, 2.05) is 18.2 Å². The summed E-state index contributed by atoms with van der Waals surface area (Å²) in [4.78, 5) is 12.3. The predicted molar refractivity (Wildman–Crippen MR) is 97.3 cm³/mol. The summed E-state index contributed by atoms with van der Waals surface area (Å²) in [7, 11) is 0. The van der Waals surface area contributed by atoms with E-state index >= 15 is 0 Å². The zero-order chi connectivity index (χ0) is 17.9. The number of nitrogens with zero attached hydrogens (tertiary/aromatic N) is 2. The summed E-state index contributed by atoms with van der Waals surface area (Å²) in [5.74, 6) is 1.69. The first-order chi connectivity index (χ1) is 12.7. The molecule has 1 aliphatic heterocycles. The summed E-state index contributed by atoms with van der Waals surface area (Å²) in [5.41, 5.74) is 1.16.